The van der Waals surface area contributed by atoms with Crippen LogP contribution in [0.2, 0.25) is 0 Å². The van der Waals surface area contributed by atoms with Gasteiger partial charge in [0.2, 0.25) is 5.91 Å². The van der Waals surface area contributed by atoms with Crippen LogP contribution in [0.25, 0.3) is 5.70 Å². The van der Waals surface area contributed by atoms with E-state index in [0.29, 0.717) is 24.4 Å². The number of hydrogen-bond donors (Lipinski definition) is 2. The van der Waals surface area contributed by atoms with Crippen molar-refractivity contribution in [3.05, 3.63) is 40.0 Å². The summed E-state index contributed by atoms with van der Waals surface area (Å²) in [5.41, 5.74) is -0.954. The summed E-state index contributed by atoms with van der Waals surface area (Å²) in [6.45, 7) is 4.95. The van der Waals surface area contributed by atoms with Crippen LogP contribution in [0.5, 0.6) is 0 Å². The zero-order valence-corrected chi connectivity index (χ0v) is 16.5. The first-order valence-corrected chi connectivity index (χ1v) is 10.1. The zero-order chi connectivity index (χ0) is 20.5. The predicted octanol–water partition coefficient (Wildman–Crippen LogP) is 4.14. The summed E-state index contributed by atoms with van der Waals surface area (Å²) >= 11 is 1.35. The molecule has 9 heteroatoms. The summed E-state index contributed by atoms with van der Waals surface area (Å²) in [5, 5.41) is 5.77. The Labute approximate surface area is 165 Å². The average Bonchev–Trinajstić information content (AvgIpc) is 3.20. The van der Waals surface area contributed by atoms with Crippen LogP contribution in [0.3, 0.4) is 0 Å². The highest BCUT2D eigenvalue weighted by molar-refractivity contribution is 8.04. The first kappa shape index (κ1) is 21.0. The maximum Gasteiger partial charge on any atom is 0.416 e. The average molecular weight is 417 g/mol. The van der Waals surface area contributed by atoms with Crippen LogP contribution in [0.1, 0.15) is 44.2 Å². The molecule has 2 aliphatic rings. The highest BCUT2D eigenvalue weighted by Crippen LogP contribution is 2.38. The molecule has 2 unspecified atom stereocenters. The number of nitrogens with one attached hydrogen (secondary N) is 2. The Morgan fingerprint density at radius 2 is 2.11 bits per heavy atom. The van der Waals surface area contributed by atoms with E-state index in [9.17, 15) is 22.4 Å². The first-order valence-electron chi connectivity index (χ1n) is 9.23. The van der Waals surface area contributed by atoms with Crippen LogP contribution in [0.4, 0.5) is 17.6 Å². The lowest BCUT2D eigenvalue weighted by Crippen LogP contribution is -2.38. The predicted molar refractivity (Wildman–Crippen MR) is 102 cm³/mol. The van der Waals surface area contributed by atoms with Crippen molar-refractivity contribution in [2.24, 2.45) is 0 Å². The smallest absolute Gasteiger partial charge is 0.355 e. The second-order valence-corrected chi connectivity index (χ2v) is 8.24. The molecule has 0 aliphatic carbocycles. The summed E-state index contributed by atoms with van der Waals surface area (Å²) in [7, 11) is 0. The summed E-state index contributed by atoms with van der Waals surface area (Å²) in [6.07, 6.45) is -1.48. The van der Waals surface area contributed by atoms with Gasteiger partial charge in [-0.15, -0.1) is 0 Å². The minimum absolute atomic E-state index is 0.134. The molecule has 1 aromatic rings. The van der Waals surface area contributed by atoms with Crippen molar-refractivity contribution in [2.45, 2.75) is 50.8 Å². The topological polar surface area (TPSA) is 44.4 Å². The van der Waals surface area contributed by atoms with Gasteiger partial charge < -0.3 is 10.6 Å². The van der Waals surface area contributed by atoms with Crippen molar-refractivity contribution in [2.75, 3.05) is 13.1 Å². The van der Waals surface area contributed by atoms with E-state index in [2.05, 4.69) is 22.5 Å². The summed E-state index contributed by atoms with van der Waals surface area (Å²) in [6, 6.07) is 2.95. The number of alkyl halides is 3. The van der Waals surface area contributed by atoms with Gasteiger partial charge in [-0.2, -0.15) is 13.2 Å². The molecule has 4 nitrogen and oxygen atoms in total. The fraction of sp³-hybridized carbons (Fsp3) is 0.526. The molecule has 0 spiro atoms. The molecule has 3 rings (SSSR count). The monoisotopic (exact) mass is 417 g/mol. The number of carbonyl (C=O) groups excluding carboxylic acids is 1. The Morgan fingerprint density at radius 3 is 2.75 bits per heavy atom. The number of likely N-dealkylation sites (tertiary alicyclic amines) is 1. The lowest BCUT2D eigenvalue weighted by atomic mass is 10.1. The normalized spacial score (nSPS) is 23.2. The number of halogens is 4. The third-order valence-electron chi connectivity index (χ3n) is 4.98. The number of amides is 1. The third kappa shape index (κ3) is 4.81. The number of hydrogen-bond acceptors (Lipinski definition) is 4. The molecule has 1 aromatic carbocycles. The van der Waals surface area contributed by atoms with E-state index < -0.39 is 23.1 Å². The maximum absolute atomic E-state index is 13.9. The molecule has 2 N–H and O–H groups in total. The van der Waals surface area contributed by atoms with Crippen LogP contribution in [0, 0.1) is 5.82 Å². The molecular formula is C19H23F4N3OS. The minimum Gasteiger partial charge on any atom is -0.355 e. The first-order chi connectivity index (χ1) is 13.2. The Morgan fingerprint density at radius 1 is 1.36 bits per heavy atom. The number of nitrogens with zero attached hydrogens (tertiary/aromatic N) is 1. The molecule has 0 radical (unpaired) electrons. The molecular weight excluding hydrogens is 394 g/mol. The lowest BCUT2D eigenvalue weighted by molar-refractivity contribution is -0.137. The molecule has 0 bridgehead atoms. The van der Waals surface area contributed by atoms with Crippen LogP contribution >= 0.6 is 11.8 Å². The molecule has 1 saturated heterocycles. The van der Waals surface area contributed by atoms with Gasteiger partial charge >= 0.3 is 6.18 Å². The SMILES string of the molecule is CCC1CCCN1CC1=C(c2cc(F)cc(C(F)(F)F)c2)NC(NC(C)=O)S1. The Balaban J connectivity index is 1.95. The lowest BCUT2D eigenvalue weighted by Gasteiger charge is -2.24. The van der Waals surface area contributed by atoms with Crippen molar-refractivity contribution in [3.8, 4) is 0 Å². The van der Waals surface area contributed by atoms with Gasteiger partial charge in [-0.1, -0.05) is 18.7 Å². The van der Waals surface area contributed by atoms with Gasteiger partial charge in [-0.3, -0.25) is 9.69 Å². The van der Waals surface area contributed by atoms with Gasteiger partial charge in [0.25, 0.3) is 0 Å². The summed E-state index contributed by atoms with van der Waals surface area (Å²) in [5.74, 6) is -1.20. The fourth-order valence-electron chi connectivity index (χ4n) is 3.70. The molecule has 2 heterocycles. The third-order valence-corrected chi connectivity index (χ3v) is 6.07. The standard InChI is InChI=1S/C19H23F4N3OS/c1-3-15-5-4-6-26(15)10-16-17(25-18(28-16)24-11(2)27)12-7-13(19(21,22)23)9-14(20)8-12/h7-9,15,18,25H,3-6,10H2,1-2H3,(H,24,27). The number of thioether (sulfide) groups is 1. The highest BCUT2D eigenvalue weighted by atomic mass is 32.2. The molecule has 0 saturated carbocycles. The second kappa shape index (κ2) is 8.32. The zero-order valence-electron chi connectivity index (χ0n) is 15.7. The van der Waals surface area contributed by atoms with Gasteiger partial charge in [-0.05, 0) is 44.0 Å². The molecule has 0 aromatic heterocycles. The van der Waals surface area contributed by atoms with Gasteiger partial charge in [-0.25, -0.2) is 4.39 Å². The molecule has 2 aliphatic heterocycles. The van der Waals surface area contributed by atoms with Crippen molar-refractivity contribution < 1.29 is 22.4 Å². The van der Waals surface area contributed by atoms with Gasteiger partial charge in [0.1, 0.15) is 5.82 Å². The Bertz CT molecular complexity index is 781. The molecule has 1 fully saturated rings. The number of rotatable bonds is 5. The van der Waals surface area contributed by atoms with Crippen molar-refractivity contribution in [3.63, 3.8) is 0 Å². The van der Waals surface area contributed by atoms with E-state index in [1.165, 1.54) is 18.7 Å². The second-order valence-electron chi connectivity index (χ2n) is 7.04. The van der Waals surface area contributed by atoms with Crippen molar-refractivity contribution in [1.82, 2.24) is 15.5 Å². The number of benzene rings is 1. The van der Waals surface area contributed by atoms with E-state index >= 15 is 0 Å². The molecule has 2 atom stereocenters. The summed E-state index contributed by atoms with van der Waals surface area (Å²) < 4.78 is 53.3. The molecule has 28 heavy (non-hydrogen) atoms. The number of carbonyl (C=O) groups is 1. The van der Waals surface area contributed by atoms with E-state index in [4.69, 9.17) is 0 Å². The van der Waals surface area contributed by atoms with E-state index in [1.807, 2.05) is 0 Å². The van der Waals surface area contributed by atoms with Crippen molar-refractivity contribution in [1.29, 1.82) is 0 Å². The van der Waals surface area contributed by atoms with Gasteiger partial charge in [0.05, 0.1) is 11.3 Å². The van der Waals surface area contributed by atoms with Crippen LogP contribution in [0.15, 0.2) is 23.1 Å². The Hall–Kier alpha value is -1.74. The van der Waals surface area contributed by atoms with Crippen molar-refractivity contribution >= 4 is 23.4 Å². The quantitative estimate of drug-likeness (QED) is 0.707. The van der Waals surface area contributed by atoms with Crippen LogP contribution in [-0.2, 0) is 11.0 Å². The van der Waals surface area contributed by atoms with E-state index in [-0.39, 0.29) is 11.5 Å². The minimum atomic E-state index is -4.64. The van der Waals surface area contributed by atoms with Gasteiger partial charge in [0, 0.05) is 30.0 Å². The fourth-order valence-corrected chi connectivity index (χ4v) is 4.92. The largest absolute Gasteiger partial charge is 0.416 e. The Kier molecular flexibility index (Phi) is 6.24. The van der Waals surface area contributed by atoms with E-state index in [0.717, 1.165) is 42.8 Å². The summed E-state index contributed by atoms with van der Waals surface area (Å²) in [4.78, 5) is 14.5. The maximum atomic E-state index is 13.9. The van der Waals surface area contributed by atoms with Crippen LogP contribution in [-0.4, -0.2) is 35.4 Å². The van der Waals surface area contributed by atoms with E-state index in [1.54, 1.807) is 0 Å². The van der Waals surface area contributed by atoms with Gasteiger partial charge in [0.15, 0.2) is 5.50 Å². The van der Waals surface area contributed by atoms with Crippen LogP contribution < -0.4 is 10.6 Å². The molecule has 154 valence electrons. The molecule has 1 amide bonds. The highest BCUT2D eigenvalue weighted by Gasteiger charge is 2.34.